The number of hydrogen-bond acceptors (Lipinski definition) is 10. The van der Waals surface area contributed by atoms with E-state index in [9.17, 15) is 18.3 Å². The normalized spacial score (nSPS) is 18.1. The van der Waals surface area contributed by atoms with Gasteiger partial charge in [-0.2, -0.15) is 4.98 Å². The van der Waals surface area contributed by atoms with Gasteiger partial charge in [-0.05, 0) is 82.3 Å². The molecule has 0 unspecified atom stereocenters. The van der Waals surface area contributed by atoms with Crippen molar-refractivity contribution in [2.45, 2.75) is 102 Å². The number of fused-ring (bicyclic) bond motifs is 1. The van der Waals surface area contributed by atoms with E-state index in [1.54, 1.807) is 6.07 Å². The number of sulfonamides is 1. The van der Waals surface area contributed by atoms with Gasteiger partial charge in [0.15, 0.2) is 5.65 Å². The molecule has 14 heteroatoms. The van der Waals surface area contributed by atoms with E-state index in [1.165, 1.54) is 18.2 Å². The predicted molar refractivity (Wildman–Crippen MR) is 207 cm³/mol. The summed E-state index contributed by atoms with van der Waals surface area (Å²) in [5.41, 5.74) is 6.60. The fraction of sp³-hybridized carbons (Fsp3) is 0.425. The van der Waals surface area contributed by atoms with Gasteiger partial charge in [-0.25, -0.2) is 27.9 Å². The molecule has 286 valence electrons. The lowest BCUT2D eigenvalue weighted by Gasteiger charge is -2.29. The van der Waals surface area contributed by atoms with E-state index in [0.717, 1.165) is 64.6 Å². The molecule has 3 N–H and O–H groups in total. The lowest BCUT2D eigenvalue weighted by Crippen LogP contribution is -2.46. The molecule has 1 saturated heterocycles. The van der Waals surface area contributed by atoms with Crippen molar-refractivity contribution in [1.29, 1.82) is 0 Å². The molecule has 0 bridgehead atoms. The summed E-state index contributed by atoms with van der Waals surface area (Å²) >= 11 is 0. The molecule has 5 aromatic rings. The summed E-state index contributed by atoms with van der Waals surface area (Å²) in [6.07, 6.45) is 4.14. The number of carboxylic acids is 1. The molecule has 2 aromatic carbocycles. The van der Waals surface area contributed by atoms with Crippen LogP contribution in [0.1, 0.15) is 92.8 Å². The number of carbonyl (C=O) groups is 1. The van der Waals surface area contributed by atoms with Crippen LogP contribution in [0, 0.1) is 13.8 Å². The second-order valence-electron chi connectivity index (χ2n) is 15.3. The third kappa shape index (κ3) is 8.56. The Kier molecular flexibility index (Phi) is 11.1. The molecular formula is C40H49N7O6S. The second kappa shape index (κ2) is 15.4. The van der Waals surface area contributed by atoms with E-state index in [0.29, 0.717) is 5.69 Å². The first-order valence-electron chi connectivity index (χ1n) is 18.2. The predicted octanol–water partition coefficient (Wildman–Crippen LogP) is 6.89. The second-order valence-corrected chi connectivity index (χ2v) is 16.9. The van der Waals surface area contributed by atoms with Gasteiger partial charge in [0.1, 0.15) is 12.1 Å². The van der Waals surface area contributed by atoms with Crippen LogP contribution in [-0.2, 0) is 27.2 Å². The maximum absolute atomic E-state index is 13.5. The summed E-state index contributed by atoms with van der Waals surface area (Å²) in [6.45, 7) is 14.6. The third-order valence-corrected chi connectivity index (χ3v) is 11.0. The van der Waals surface area contributed by atoms with Gasteiger partial charge < -0.3 is 24.5 Å². The number of rotatable bonds is 11. The van der Waals surface area contributed by atoms with Crippen molar-refractivity contribution in [3.63, 3.8) is 0 Å². The van der Waals surface area contributed by atoms with Crippen LogP contribution in [0.15, 0.2) is 65.7 Å². The molecule has 0 amide bonds. The zero-order valence-corrected chi connectivity index (χ0v) is 32.9. The molecule has 3 aromatic heterocycles. The van der Waals surface area contributed by atoms with E-state index in [2.05, 4.69) is 51.4 Å². The van der Waals surface area contributed by atoms with Crippen LogP contribution in [-0.4, -0.2) is 68.9 Å². The average molecular weight is 756 g/mol. The number of aromatic carboxylic acids is 1. The van der Waals surface area contributed by atoms with Crippen molar-refractivity contribution < 1.29 is 27.8 Å². The van der Waals surface area contributed by atoms with Gasteiger partial charge in [-0.3, -0.25) is 4.98 Å². The zero-order valence-electron chi connectivity index (χ0n) is 32.0. The van der Waals surface area contributed by atoms with Gasteiger partial charge >= 0.3 is 5.97 Å². The summed E-state index contributed by atoms with van der Waals surface area (Å²) in [4.78, 5) is 30.3. The van der Waals surface area contributed by atoms with Crippen molar-refractivity contribution in [3.8, 4) is 17.1 Å². The van der Waals surface area contributed by atoms with Gasteiger partial charge in [0.2, 0.25) is 11.8 Å². The molecule has 0 spiro atoms. The molecule has 13 nitrogen and oxygen atoms in total. The number of anilines is 1. The van der Waals surface area contributed by atoms with Crippen LogP contribution in [0.3, 0.4) is 0 Å². The first kappa shape index (κ1) is 38.8. The quantitative estimate of drug-likeness (QED) is 0.128. The molecule has 6 rings (SSSR count). The lowest BCUT2D eigenvalue weighted by molar-refractivity contribution is -0.0249. The minimum Gasteiger partial charge on any atom is -0.478 e. The molecule has 1 aliphatic rings. The summed E-state index contributed by atoms with van der Waals surface area (Å²) in [6, 6.07) is 14.3. The van der Waals surface area contributed by atoms with Crippen LogP contribution < -0.4 is 14.8 Å². The topological polar surface area (TPSA) is 170 Å². The Bertz CT molecular complexity index is 2260. The largest absolute Gasteiger partial charge is 0.478 e. The fourth-order valence-electron chi connectivity index (χ4n) is 7.09. The van der Waals surface area contributed by atoms with Crippen LogP contribution >= 0.6 is 0 Å². The van der Waals surface area contributed by atoms with E-state index >= 15 is 0 Å². The zero-order chi connectivity index (χ0) is 38.9. The first-order valence-corrected chi connectivity index (χ1v) is 19.7. The fourth-order valence-corrected chi connectivity index (χ4v) is 8.08. The Morgan fingerprint density at radius 2 is 1.76 bits per heavy atom. The maximum atomic E-state index is 13.5. The van der Waals surface area contributed by atoms with Crippen molar-refractivity contribution in [2.24, 2.45) is 7.05 Å². The van der Waals surface area contributed by atoms with Crippen LogP contribution in [0.5, 0.6) is 5.88 Å². The SMILES string of the molecule is Cc1cccc(C)c1-c1cc(OC[C@@H]2N[C@@H](c3cnc4cc(C(C)(C)C)n(C)c4n3)CCC[C@@H]2OC(C)C)nc(NS(=O)(=O)c2cccc(C(=O)O)c2)n1. The Labute approximate surface area is 316 Å². The Balaban J connectivity index is 1.33. The van der Waals surface area contributed by atoms with Crippen molar-refractivity contribution in [2.75, 3.05) is 11.3 Å². The number of nitrogens with zero attached hydrogens (tertiary/aromatic N) is 5. The highest BCUT2D eigenvalue weighted by atomic mass is 32.2. The smallest absolute Gasteiger partial charge is 0.335 e. The number of aryl methyl sites for hydroxylation is 3. The van der Waals surface area contributed by atoms with Gasteiger partial charge in [0.25, 0.3) is 10.0 Å². The Morgan fingerprint density at radius 3 is 2.44 bits per heavy atom. The summed E-state index contributed by atoms with van der Waals surface area (Å²) in [5.74, 6) is -1.30. The molecule has 1 fully saturated rings. The van der Waals surface area contributed by atoms with Gasteiger partial charge in [0.05, 0.1) is 52.3 Å². The molecular weight excluding hydrogens is 707 g/mol. The number of benzene rings is 2. The van der Waals surface area contributed by atoms with E-state index in [1.807, 2.05) is 59.1 Å². The first-order chi connectivity index (χ1) is 25.5. The van der Waals surface area contributed by atoms with Crippen molar-refractivity contribution in [1.82, 2.24) is 29.8 Å². The number of ether oxygens (including phenoxy) is 2. The Hall–Kier alpha value is -4.92. The van der Waals surface area contributed by atoms with E-state index in [-0.39, 0.29) is 58.6 Å². The number of carboxylic acid groups (broad SMARTS) is 1. The standard InChI is InChI=1S/C40H49N7O6S/c1-23(2)53-33-17-11-16-28(31-21-41-30-19-34(40(5,6)7)47(8)37(30)43-31)42-32(33)22-52-35-20-29(36-24(3)12-9-13-25(36)4)44-39(45-35)46-54(50,51)27-15-10-14-26(18-27)38(48)49/h9-10,12-15,18-21,23,28,32-33,42H,11,16-17,22H2,1-8H3,(H,48,49)(H,44,45,46)/t28-,32+,33+/m1/s1. The monoisotopic (exact) mass is 755 g/mol. The van der Waals surface area contributed by atoms with Crippen LogP contribution in [0.4, 0.5) is 5.95 Å². The highest BCUT2D eigenvalue weighted by Gasteiger charge is 2.32. The Morgan fingerprint density at radius 1 is 1.04 bits per heavy atom. The molecule has 0 aliphatic carbocycles. The molecule has 1 aliphatic heterocycles. The van der Waals surface area contributed by atoms with Crippen LogP contribution in [0.2, 0.25) is 0 Å². The molecule has 4 heterocycles. The molecule has 0 radical (unpaired) electrons. The number of nitrogens with one attached hydrogen (secondary N) is 2. The minimum absolute atomic E-state index is 0.0264. The van der Waals surface area contributed by atoms with Gasteiger partial charge in [-0.1, -0.05) is 45.0 Å². The summed E-state index contributed by atoms with van der Waals surface area (Å²) in [5, 5.41) is 13.2. The third-order valence-electron chi connectivity index (χ3n) is 9.64. The van der Waals surface area contributed by atoms with E-state index in [4.69, 9.17) is 19.4 Å². The van der Waals surface area contributed by atoms with Crippen LogP contribution in [0.25, 0.3) is 22.4 Å². The van der Waals surface area contributed by atoms with Gasteiger partial charge in [0, 0.05) is 29.8 Å². The minimum atomic E-state index is -4.27. The highest BCUT2D eigenvalue weighted by molar-refractivity contribution is 7.92. The van der Waals surface area contributed by atoms with Crippen molar-refractivity contribution in [3.05, 3.63) is 88.9 Å². The average Bonchev–Trinajstić information content (AvgIpc) is 3.31. The van der Waals surface area contributed by atoms with Crippen molar-refractivity contribution >= 4 is 33.1 Å². The van der Waals surface area contributed by atoms with Gasteiger partial charge in [-0.15, -0.1) is 0 Å². The molecule has 3 atom stereocenters. The van der Waals surface area contributed by atoms with E-state index < -0.39 is 16.0 Å². The number of aromatic nitrogens is 5. The molecule has 54 heavy (non-hydrogen) atoms. The highest BCUT2D eigenvalue weighted by Crippen LogP contribution is 2.32. The number of hydrogen-bond donors (Lipinski definition) is 3. The maximum Gasteiger partial charge on any atom is 0.335 e. The lowest BCUT2D eigenvalue weighted by atomic mass is 9.92. The summed E-state index contributed by atoms with van der Waals surface area (Å²) in [7, 11) is -2.24. The molecule has 0 saturated carbocycles. The summed E-state index contributed by atoms with van der Waals surface area (Å²) < 4.78 is 44.5.